The summed E-state index contributed by atoms with van der Waals surface area (Å²) in [7, 11) is 4.70. The maximum Gasteiger partial charge on any atom is 0.330 e. The van der Waals surface area contributed by atoms with Gasteiger partial charge in [0.05, 0.1) is 27.4 Å². The number of methoxy groups -OCH3 is 2. The molecule has 2 heterocycles. The van der Waals surface area contributed by atoms with Crippen LogP contribution in [0, 0.1) is 6.92 Å². The number of nitrogens with one attached hydrogen (secondary N) is 2. The lowest BCUT2D eigenvalue weighted by molar-refractivity contribution is -0.124. The predicted molar refractivity (Wildman–Crippen MR) is 173 cm³/mol. The number of aliphatic hydroxyl groups excluding tert-OH is 1. The van der Waals surface area contributed by atoms with Crippen molar-refractivity contribution in [3.63, 3.8) is 0 Å². The standard InChI is InChI=1S/C35H39N3O9/c1-22-20-38(34(42)37-32(22)41)33-31(45-19-18-29(39)36-2)30(40)28(47-33)21-46-35(23-8-6-5-7-9-23,24-10-14-26(43-3)15-11-24)25-12-16-27(44-4)17-13-25/h5-17,20,28,30-31,33,40H,18-19,21H2,1-4H3,(H,36,39)(H,37,41,42)/t28-,30+,31-,33-/m1/s1. The first-order valence-corrected chi connectivity index (χ1v) is 15.2. The average molecular weight is 646 g/mol. The molecule has 1 amide bonds. The predicted octanol–water partition coefficient (Wildman–Crippen LogP) is 2.65. The average Bonchev–Trinajstić information content (AvgIpc) is 3.41. The number of carbonyl (C=O) groups is 1. The first kappa shape index (κ1) is 33.6. The van der Waals surface area contributed by atoms with Gasteiger partial charge in [-0.2, -0.15) is 0 Å². The minimum absolute atomic E-state index is 0.0270. The number of ether oxygens (including phenoxy) is 5. The lowest BCUT2D eigenvalue weighted by Gasteiger charge is -2.37. The van der Waals surface area contributed by atoms with Crippen LogP contribution in [0.4, 0.5) is 0 Å². The zero-order valence-electron chi connectivity index (χ0n) is 26.7. The van der Waals surface area contributed by atoms with Crippen LogP contribution in [0.5, 0.6) is 11.5 Å². The SMILES string of the molecule is CNC(=O)CCO[C@@H]1[C@@H](O)[C@@H](COC(c2ccccc2)(c2ccc(OC)cc2)c2ccc(OC)cc2)O[C@H]1n1cc(C)c(=O)[nH]c1=O. The van der Waals surface area contributed by atoms with Gasteiger partial charge in [-0.3, -0.25) is 19.1 Å². The quantitative estimate of drug-likeness (QED) is 0.187. The number of aromatic amines is 1. The van der Waals surface area contributed by atoms with Crippen molar-refractivity contribution in [2.45, 2.75) is 43.5 Å². The van der Waals surface area contributed by atoms with Crippen molar-refractivity contribution in [1.29, 1.82) is 0 Å². The van der Waals surface area contributed by atoms with E-state index in [1.54, 1.807) is 21.1 Å². The highest BCUT2D eigenvalue weighted by Gasteiger charge is 2.48. The molecule has 1 saturated heterocycles. The van der Waals surface area contributed by atoms with Gasteiger partial charge in [-0.05, 0) is 47.9 Å². The fourth-order valence-electron chi connectivity index (χ4n) is 5.73. The maximum atomic E-state index is 12.9. The molecule has 12 nitrogen and oxygen atoms in total. The maximum absolute atomic E-state index is 12.9. The van der Waals surface area contributed by atoms with Crippen LogP contribution < -0.4 is 26.0 Å². The fourth-order valence-corrected chi connectivity index (χ4v) is 5.73. The van der Waals surface area contributed by atoms with Gasteiger partial charge in [-0.25, -0.2) is 4.79 Å². The molecule has 1 fully saturated rings. The largest absolute Gasteiger partial charge is 0.497 e. The Bertz CT molecular complexity index is 1710. The number of benzene rings is 3. The monoisotopic (exact) mass is 645 g/mol. The van der Waals surface area contributed by atoms with E-state index >= 15 is 0 Å². The van der Waals surface area contributed by atoms with E-state index in [1.807, 2.05) is 78.9 Å². The second-order valence-corrected chi connectivity index (χ2v) is 11.1. The van der Waals surface area contributed by atoms with Crippen LogP contribution in [0.2, 0.25) is 0 Å². The molecule has 0 radical (unpaired) electrons. The number of carbonyl (C=O) groups excluding carboxylic acids is 1. The molecule has 0 saturated carbocycles. The molecule has 0 spiro atoms. The van der Waals surface area contributed by atoms with Crippen LogP contribution >= 0.6 is 0 Å². The molecule has 5 rings (SSSR count). The zero-order valence-corrected chi connectivity index (χ0v) is 26.7. The van der Waals surface area contributed by atoms with Crippen molar-refractivity contribution in [2.24, 2.45) is 0 Å². The summed E-state index contributed by atoms with van der Waals surface area (Å²) in [6, 6.07) is 24.7. The normalized spacial score (nSPS) is 19.3. The number of rotatable bonds is 13. The summed E-state index contributed by atoms with van der Waals surface area (Å²) < 4.78 is 31.2. The molecule has 3 aromatic carbocycles. The molecule has 0 bridgehead atoms. The van der Waals surface area contributed by atoms with Crippen LogP contribution in [-0.4, -0.2) is 73.4 Å². The topological polar surface area (TPSA) is 150 Å². The Balaban J connectivity index is 1.55. The minimum Gasteiger partial charge on any atom is -0.497 e. The van der Waals surface area contributed by atoms with E-state index in [2.05, 4.69) is 10.3 Å². The zero-order chi connectivity index (χ0) is 33.6. The molecule has 47 heavy (non-hydrogen) atoms. The Morgan fingerprint density at radius 3 is 2.06 bits per heavy atom. The highest BCUT2D eigenvalue weighted by Crippen LogP contribution is 2.43. The first-order valence-electron chi connectivity index (χ1n) is 15.2. The number of aromatic nitrogens is 2. The van der Waals surface area contributed by atoms with E-state index in [4.69, 9.17) is 23.7 Å². The van der Waals surface area contributed by atoms with Crippen molar-refractivity contribution in [3.8, 4) is 11.5 Å². The summed E-state index contributed by atoms with van der Waals surface area (Å²) in [6.07, 6.45) is -3.06. The Labute approximate surface area is 271 Å². The summed E-state index contributed by atoms with van der Waals surface area (Å²) in [5.74, 6) is 1.08. The molecular weight excluding hydrogens is 606 g/mol. The number of H-pyrrole nitrogens is 1. The molecule has 0 unspecified atom stereocenters. The van der Waals surface area contributed by atoms with Crippen LogP contribution in [0.15, 0.2) is 94.6 Å². The van der Waals surface area contributed by atoms with Crippen molar-refractivity contribution < 1.29 is 33.6 Å². The molecule has 3 N–H and O–H groups in total. The molecule has 4 aromatic rings. The van der Waals surface area contributed by atoms with Gasteiger partial charge in [0.2, 0.25) is 5.91 Å². The van der Waals surface area contributed by atoms with Crippen LogP contribution in [0.1, 0.15) is 34.9 Å². The van der Waals surface area contributed by atoms with E-state index in [1.165, 1.54) is 17.8 Å². The summed E-state index contributed by atoms with van der Waals surface area (Å²) in [5.41, 5.74) is 0.192. The van der Waals surface area contributed by atoms with Crippen LogP contribution in [-0.2, 0) is 24.6 Å². The molecular formula is C35H39N3O9. The van der Waals surface area contributed by atoms with Crippen molar-refractivity contribution in [3.05, 3.63) is 128 Å². The minimum atomic E-state index is -1.27. The Morgan fingerprint density at radius 1 is 0.936 bits per heavy atom. The van der Waals surface area contributed by atoms with Gasteiger partial charge in [0.1, 0.15) is 35.4 Å². The van der Waals surface area contributed by atoms with Gasteiger partial charge in [-0.1, -0.05) is 54.6 Å². The highest BCUT2D eigenvalue weighted by molar-refractivity contribution is 5.75. The lowest BCUT2D eigenvalue weighted by atomic mass is 9.80. The molecule has 1 aliphatic rings. The fraction of sp³-hybridized carbons (Fsp3) is 0.343. The summed E-state index contributed by atoms with van der Waals surface area (Å²) in [4.78, 5) is 39.2. The van der Waals surface area contributed by atoms with Gasteiger partial charge in [0.15, 0.2) is 6.23 Å². The number of aryl methyl sites for hydroxylation is 1. The second-order valence-electron chi connectivity index (χ2n) is 11.1. The first-order chi connectivity index (χ1) is 22.7. The molecule has 248 valence electrons. The number of hydrogen-bond acceptors (Lipinski definition) is 9. The smallest absolute Gasteiger partial charge is 0.330 e. The van der Waals surface area contributed by atoms with E-state index in [0.29, 0.717) is 11.5 Å². The highest BCUT2D eigenvalue weighted by atomic mass is 16.6. The van der Waals surface area contributed by atoms with Gasteiger partial charge in [0.25, 0.3) is 5.56 Å². The summed E-state index contributed by atoms with van der Waals surface area (Å²) >= 11 is 0. The number of aliphatic hydroxyl groups is 1. The Kier molecular flexibility index (Phi) is 10.6. The van der Waals surface area contributed by atoms with Crippen molar-refractivity contribution >= 4 is 5.91 Å². The lowest BCUT2D eigenvalue weighted by Crippen LogP contribution is -2.41. The van der Waals surface area contributed by atoms with E-state index in [0.717, 1.165) is 16.7 Å². The second kappa shape index (κ2) is 14.8. The van der Waals surface area contributed by atoms with Crippen molar-refractivity contribution in [2.75, 3.05) is 34.5 Å². The van der Waals surface area contributed by atoms with E-state index in [9.17, 15) is 19.5 Å². The van der Waals surface area contributed by atoms with E-state index in [-0.39, 0.29) is 31.1 Å². The van der Waals surface area contributed by atoms with Crippen LogP contribution in [0.25, 0.3) is 0 Å². The van der Waals surface area contributed by atoms with Crippen LogP contribution in [0.3, 0.4) is 0 Å². The molecule has 1 aliphatic heterocycles. The molecule has 4 atom stereocenters. The third kappa shape index (κ3) is 7.00. The number of nitrogens with zero attached hydrogens (tertiary/aromatic N) is 1. The van der Waals surface area contributed by atoms with Gasteiger partial charge in [0, 0.05) is 25.2 Å². The summed E-state index contributed by atoms with van der Waals surface area (Å²) in [5, 5.41) is 14.1. The van der Waals surface area contributed by atoms with Gasteiger partial charge < -0.3 is 34.1 Å². The molecule has 1 aromatic heterocycles. The Morgan fingerprint density at radius 2 is 1.51 bits per heavy atom. The van der Waals surface area contributed by atoms with Gasteiger partial charge >= 0.3 is 5.69 Å². The molecule has 0 aliphatic carbocycles. The molecule has 12 heteroatoms. The Hall–Kier alpha value is -4.75. The van der Waals surface area contributed by atoms with Gasteiger partial charge in [-0.15, -0.1) is 0 Å². The third-order valence-electron chi connectivity index (χ3n) is 8.29. The number of amides is 1. The van der Waals surface area contributed by atoms with E-state index < -0.39 is 41.4 Å². The van der Waals surface area contributed by atoms with Crippen molar-refractivity contribution in [1.82, 2.24) is 14.9 Å². The third-order valence-corrected chi connectivity index (χ3v) is 8.29. The summed E-state index contributed by atoms with van der Waals surface area (Å²) in [6.45, 7) is 1.37. The number of hydrogen-bond donors (Lipinski definition) is 3.